The van der Waals surface area contributed by atoms with Crippen molar-refractivity contribution in [3.63, 3.8) is 0 Å². The molecule has 1 atom stereocenters. The van der Waals surface area contributed by atoms with Crippen LogP contribution >= 0.6 is 0 Å². The van der Waals surface area contributed by atoms with Crippen molar-refractivity contribution in [2.24, 2.45) is 5.92 Å². The number of carbonyl (C=O) groups is 2. The molecule has 1 unspecified atom stereocenters. The summed E-state index contributed by atoms with van der Waals surface area (Å²) in [5, 5.41) is 8.52. The van der Waals surface area contributed by atoms with Crippen LogP contribution in [0.2, 0.25) is 0 Å². The van der Waals surface area contributed by atoms with E-state index in [0.717, 1.165) is 31.6 Å². The molecule has 6 heteroatoms. The molecule has 0 aromatic heterocycles. The minimum Gasteiger partial charge on any atom is -0.338 e. The molecule has 6 nitrogen and oxygen atoms in total. The Bertz CT molecular complexity index is 644. The maximum absolute atomic E-state index is 12.3. The summed E-state index contributed by atoms with van der Waals surface area (Å²) >= 11 is 0. The molecule has 1 fully saturated rings. The molecule has 0 bridgehead atoms. The van der Waals surface area contributed by atoms with Gasteiger partial charge in [0.2, 0.25) is 0 Å². The van der Waals surface area contributed by atoms with Crippen LogP contribution in [-0.2, 0) is 0 Å². The standard InChI is InChI=1S/C20H28N4O2/c25-19(23-18-9-2-1-3-10-18)21-12-6-13-22-20(26)24-14-11-16-7-4-5-8-17(16)15-24/h1-3,8-10,16H,4-7,11-15H2,(H,22,26)(H2,21,23,25). The van der Waals surface area contributed by atoms with Crippen LogP contribution in [-0.4, -0.2) is 43.1 Å². The van der Waals surface area contributed by atoms with Crippen molar-refractivity contribution in [3.8, 4) is 0 Å². The van der Waals surface area contributed by atoms with Crippen LogP contribution in [0.5, 0.6) is 0 Å². The van der Waals surface area contributed by atoms with Crippen LogP contribution < -0.4 is 16.0 Å². The van der Waals surface area contributed by atoms with Gasteiger partial charge < -0.3 is 20.9 Å². The van der Waals surface area contributed by atoms with Gasteiger partial charge in [0.1, 0.15) is 0 Å². The summed E-state index contributed by atoms with van der Waals surface area (Å²) in [6.45, 7) is 2.69. The molecule has 1 aliphatic carbocycles. The van der Waals surface area contributed by atoms with E-state index >= 15 is 0 Å². The van der Waals surface area contributed by atoms with Crippen molar-refractivity contribution in [2.45, 2.75) is 32.1 Å². The highest BCUT2D eigenvalue weighted by molar-refractivity contribution is 5.89. The Morgan fingerprint density at radius 3 is 2.73 bits per heavy atom. The quantitative estimate of drug-likeness (QED) is 0.559. The van der Waals surface area contributed by atoms with Crippen LogP contribution in [0.4, 0.5) is 15.3 Å². The van der Waals surface area contributed by atoms with Gasteiger partial charge in [0.15, 0.2) is 0 Å². The molecule has 1 heterocycles. The number of benzene rings is 1. The van der Waals surface area contributed by atoms with E-state index < -0.39 is 0 Å². The second-order valence-corrected chi connectivity index (χ2v) is 6.95. The molecule has 1 aromatic carbocycles. The molecule has 3 rings (SSSR count). The number of fused-ring (bicyclic) bond motifs is 1. The van der Waals surface area contributed by atoms with E-state index in [-0.39, 0.29) is 12.1 Å². The lowest BCUT2D eigenvalue weighted by Crippen LogP contribution is -2.46. The second-order valence-electron chi connectivity index (χ2n) is 6.95. The van der Waals surface area contributed by atoms with E-state index in [4.69, 9.17) is 0 Å². The molecule has 0 radical (unpaired) electrons. The number of hydrogen-bond donors (Lipinski definition) is 3. The van der Waals surface area contributed by atoms with Gasteiger partial charge in [-0.15, -0.1) is 0 Å². The summed E-state index contributed by atoms with van der Waals surface area (Å²) in [5.41, 5.74) is 2.20. The van der Waals surface area contributed by atoms with Gasteiger partial charge in [-0.3, -0.25) is 0 Å². The number of hydrogen-bond acceptors (Lipinski definition) is 2. The summed E-state index contributed by atoms with van der Waals surface area (Å²) in [5.74, 6) is 0.695. The number of nitrogens with one attached hydrogen (secondary N) is 3. The molecule has 0 saturated carbocycles. The van der Waals surface area contributed by atoms with E-state index in [1.807, 2.05) is 35.2 Å². The number of carbonyl (C=O) groups excluding carboxylic acids is 2. The first kappa shape index (κ1) is 18.3. The lowest BCUT2D eigenvalue weighted by Gasteiger charge is -2.36. The highest BCUT2D eigenvalue weighted by atomic mass is 16.2. The molecule has 4 amide bonds. The van der Waals surface area contributed by atoms with Gasteiger partial charge in [-0.25, -0.2) is 9.59 Å². The van der Waals surface area contributed by atoms with Crippen molar-refractivity contribution in [1.29, 1.82) is 0 Å². The Kier molecular flexibility index (Phi) is 6.52. The number of likely N-dealkylation sites (tertiary alicyclic amines) is 1. The number of allylic oxidation sites excluding steroid dienone is 1. The average molecular weight is 356 g/mol. The Balaban J connectivity index is 1.29. The highest BCUT2D eigenvalue weighted by Gasteiger charge is 2.27. The minimum atomic E-state index is -0.228. The van der Waals surface area contributed by atoms with Crippen molar-refractivity contribution in [2.75, 3.05) is 31.5 Å². The number of amides is 4. The zero-order valence-corrected chi connectivity index (χ0v) is 15.2. The third-order valence-electron chi connectivity index (χ3n) is 5.04. The zero-order valence-electron chi connectivity index (χ0n) is 15.2. The molecule has 0 spiro atoms. The second kappa shape index (κ2) is 9.27. The fourth-order valence-electron chi connectivity index (χ4n) is 3.61. The van der Waals surface area contributed by atoms with E-state index in [2.05, 4.69) is 22.0 Å². The number of urea groups is 2. The number of anilines is 1. The molecular formula is C20H28N4O2. The van der Waals surface area contributed by atoms with Gasteiger partial charge in [0.25, 0.3) is 0 Å². The zero-order chi connectivity index (χ0) is 18.2. The third kappa shape index (κ3) is 5.25. The van der Waals surface area contributed by atoms with Crippen LogP contribution in [0.25, 0.3) is 0 Å². The smallest absolute Gasteiger partial charge is 0.319 e. The van der Waals surface area contributed by atoms with E-state index in [1.54, 1.807) is 0 Å². The monoisotopic (exact) mass is 356 g/mol. The van der Waals surface area contributed by atoms with Gasteiger partial charge in [0, 0.05) is 31.9 Å². The maximum Gasteiger partial charge on any atom is 0.319 e. The molecular weight excluding hydrogens is 328 g/mol. The first-order chi connectivity index (χ1) is 12.7. The molecule has 140 valence electrons. The first-order valence-corrected chi connectivity index (χ1v) is 9.54. The fraction of sp³-hybridized carbons (Fsp3) is 0.500. The summed E-state index contributed by atoms with van der Waals surface area (Å²) in [7, 11) is 0. The van der Waals surface area contributed by atoms with E-state index in [0.29, 0.717) is 25.4 Å². The topological polar surface area (TPSA) is 73.5 Å². The van der Waals surface area contributed by atoms with Crippen molar-refractivity contribution >= 4 is 17.7 Å². The van der Waals surface area contributed by atoms with E-state index in [9.17, 15) is 9.59 Å². The summed E-state index contributed by atoms with van der Waals surface area (Å²) in [6.07, 6.45) is 7.82. The predicted molar refractivity (Wildman–Crippen MR) is 103 cm³/mol. The summed E-state index contributed by atoms with van der Waals surface area (Å²) in [4.78, 5) is 26.0. The van der Waals surface area contributed by atoms with Crippen LogP contribution in [0.15, 0.2) is 42.0 Å². The largest absolute Gasteiger partial charge is 0.338 e. The normalized spacial score (nSPS) is 19.2. The van der Waals surface area contributed by atoms with Gasteiger partial charge >= 0.3 is 12.1 Å². The van der Waals surface area contributed by atoms with Gasteiger partial charge in [-0.05, 0) is 50.2 Å². The van der Waals surface area contributed by atoms with Crippen LogP contribution in [0.3, 0.4) is 0 Å². The number of nitrogens with zero attached hydrogens (tertiary/aromatic N) is 1. The van der Waals surface area contributed by atoms with Crippen LogP contribution in [0, 0.1) is 5.92 Å². The van der Waals surface area contributed by atoms with Gasteiger partial charge in [-0.1, -0.05) is 29.8 Å². The van der Waals surface area contributed by atoms with Gasteiger partial charge in [0.05, 0.1) is 0 Å². The predicted octanol–water partition coefficient (Wildman–Crippen LogP) is 3.34. The molecule has 26 heavy (non-hydrogen) atoms. The number of para-hydroxylation sites is 1. The van der Waals surface area contributed by atoms with Crippen molar-refractivity contribution in [1.82, 2.24) is 15.5 Å². The first-order valence-electron chi connectivity index (χ1n) is 9.54. The summed E-state index contributed by atoms with van der Waals surface area (Å²) in [6, 6.07) is 9.10. The Hall–Kier alpha value is -2.50. The number of rotatable bonds is 5. The van der Waals surface area contributed by atoms with E-state index in [1.165, 1.54) is 18.4 Å². The molecule has 2 aliphatic rings. The Morgan fingerprint density at radius 1 is 1.08 bits per heavy atom. The van der Waals surface area contributed by atoms with Crippen molar-refractivity contribution in [3.05, 3.63) is 42.0 Å². The maximum atomic E-state index is 12.3. The number of piperidine rings is 1. The summed E-state index contributed by atoms with van der Waals surface area (Å²) < 4.78 is 0. The molecule has 1 aliphatic heterocycles. The van der Waals surface area contributed by atoms with Crippen LogP contribution in [0.1, 0.15) is 32.1 Å². The fourth-order valence-corrected chi connectivity index (χ4v) is 3.61. The highest BCUT2D eigenvalue weighted by Crippen LogP contribution is 2.31. The third-order valence-corrected chi connectivity index (χ3v) is 5.04. The van der Waals surface area contributed by atoms with Gasteiger partial charge in [-0.2, -0.15) is 0 Å². The SMILES string of the molecule is O=C(NCCCNC(=O)N1CCC2CCCC=C2C1)Nc1ccccc1. The Morgan fingerprint density at radius 2 is 1.88 bits per heavy atom. The molecule has 1 aromatic rings. The lowest BCUT2D eigenvalue weighted by molar-refractivity contribution is 0.186. The minimum absolute atomic E-state index is 0.00339. The molecule has 1 saturated heterocycles. The lowest BCUT2D eigenvalue weighted by atomic mass is 9.82. The molecule has 3 N–H and O–H groups in total. The Labute approximate surface area is 155 Å². The van der Waals surface area contributed by atoms with Crippen molar-refractivity contribution < 1.29 is 9.59 Å². The average Bonchev–Trinajstić information content (AvgIpc) is 2.68.